The average molecular weight is 376 g/mol. The van der Waals surface area contributed by atoms with Crippen LogP contribution in [0.3, 0.4) is 0 Å². The van der Waals surface area contributed by atoms with E-state index >= 15 is 0 Å². The quantitative estimate of drug-likeness (QED) is 0.767. The van der Waals surface area contributed by atoms with Crippen LogP contribution in [0.2, 0.25) is 0 Å². The predicted molar refractivity (Wildman–Crippen MR) is 104 cm³/mol. The van der Waals surface area contributed by atoms with Gasteiger partial charge in [-0.3, -0.25) is 4.90 Å². The summed E-state index contributed by atoms with van der Waals surface area (Å²) in [7, 11) is 0. The highest BCUT2D eigenvalue weighted by Crippen LogP contribution is 2.39. The third-order valence-electron chi connectivity index (χ3n) is 5.47. The molecule has 5 heteroatoms. The molecule has 2 atom stereocenters. The van der Waals surface area contributed by atoms with Crippen molar-refractivity contribution in [1.29, 1.82) is 5.26 Å². The van der Waals surface area contributed by atoms with E-state index in [1.807, 2.05) is 36.4 Å². The van der Waals surface area contributed by atoms with Crippen molar-refractivity contribution in [2.45, 2.75) is 44.4 Å². The van der Waals surface area contributed by atoms with Crippen LogP contribution < -0.4 is 0 Å². The van der Waals surface area contributed by atoms with Crippen LogP contribution in [0.5, 0.6) is 0 Å². The van der Waals surface area contributed by atoms with E-state index in [0.717, 1.165) is 29.5 Å². The van der Waals surface area contributed by atoms with E-state index in [4.69, 9.17) is 10.00 Å². The van der Waals surface area contributed by atoms with Gasteiger partial charge >= 0.3 is 6.09 Å². The molecule has 0 spiro atoms. The molecule has 0 aromatic heterocycles. The summed E-state index contributed by atoms with van der Waals surface area (Å²) < 4.78 is 19.9. The fraction of sp³-hybridized carbons (Fsp3) is 0.304. The van der Waals surface area contributed by atoms with Crippen molar-refractivity contribution in [3.05, 3.63) is 77.1 Å². The second-order valence-corrected chi connectivity index (χ2v) is 7.29. The minimum absolute atomic E-state index is 0.0206. The number of amides is 1. The third-order valence-corrected chi connectivity index (χ3v) is 5.47. The minimum atomic E-state index is -0.314. The lowest BCUT2D eigenvalue weighted by atomic mass is 9.93. The molecule has 2 bridgehead atoms. The number of fused-ring (bicyclic) bond motifs is 2. The van der Waals surface area contributed by atoms with E-state index in [9.17, 15) is 9.18 Å². The number of hydrogen-bond acceptors (Lipinski definition) is 3. The Labute approximate surface area is 163 Å². The molecular formula is C23H21FN2O2. The third kappa shape index (κ3) is 3.63. The summed E-state index contributed by atoms with van der Waals surface area (Å²) >= 11 is 0. The minimum Gasteiger partial charge on any atom is -0.445 e. The average Bonchev–Trinajstić information content (AvgIpc) is 2.98. The Hall–Kier alpha value is -3.13. The number of carbonyl (C=O) groups is 1. The molecule has 4 rings (SSSR count). The molecule has 0 aliphatic carbocycles. The van der Waals surface area contributed by atoms with Crippen LogP contribution >= 0.6 is 0 Å². The zero-order valence-electron chi connectivity index (χ0n) is 15.5. The molecule has 0 N–H and O–H groups in total. The standard InChI is InChI=1S/C23H21FN2O2/c24-22-9-6-16(10-11-25)12-21(22)18-13-19-7-8-20(14-18)26(19)23(27)28-15-17-4-2-1-3-5-17/h1-6,9,12-13,19-20H,7-8,10,14-15H2. The Bertz CT molecular complexity index is 949. The smallest absolute Gasteiger partial charge is 0.410 e. The van der Waals surface area contributed by atoms with Crippen molar-refractivity contribution in [2.75, 3.05) is 0 Å². The van der Waals surface area contributed by atoms with Gasteiger partial charge in [0.2, 0.25) is 0 Å². The molecule has 2 aromatic rings. The number of benzene rings is 2. The number of carbonyl (C=O) groups excluding carboxylic acids is 1. The largest absolute Gasteiger partial charge is 0.445 e. The maximum atomic E-state index is 14.4. The summed E-state index contributed by atoms with van der Waals surface area (Å²) in [6.07, 6.45) is 4.26. The zero-order chi connectivity index (χ0) is 19.5. The summed E-state index contributed by atoms with van der Waals surface area (Å²) in [6.45, 7) is 0.247. The Balaban J connectivity index is 1.50. The van der Waals surface area contributed by atoms with E-state index in [1.54, 1.807) is 17.0 Å². The van der Waals surface area contributed by atoms with Gasteiger partial charge < -0.3 is 4.74 Å². The Morgan fingerprint density at radius 3 is 2.75 bits per heavy atom. The van der Waals surface area contributed by atoms with Gasteiger partial charge in [0.1, 0.15) is 12.4 Å². The summed E-state index contributed by atoms with van der Waals surface area (Å²) in [5.41, 5.74) is 3.21. The van der Waals surface area contributed by atoms with E-state index in [1.165, 1.54) is 6.07 Å². The second kappa shape index (κ2) is 7.85. The lowest BCUT2D eigenvalue weighted by molar-refractivity contribution is 0.0832. The number of ether oxygens (including phenoxy) is 1. The second-order valence-electron chi connectivity index (χ2n) is 7.29. The molecule has 0 saturated carbocycles. The first kappa shape index (κ1) is 18.2. The fourth-order valence-corrected chi connectivity index (χ4v) is 4.13. The number of nitriles is 1. The molecule has 2 unspecified atom stereocenters. The van der Waals surface area contributed by atoms with Crippen molar-refractivity contribution < 1.29 is 13.9 Å². The molecule has 1 saturated heterocycles. The number of rotatable bonds is 4. The summed E-state index contributed by atoms with van der Waals surface area (Å²) in [5, 5.41) is 8.90. The fourth-order valence-electron chi connectivity index (χ4n) is 4.13. The van der Waals surface area contributed by atoms with Crippen LogP contribution in [0.1, 0.15) is 36.0 Å². The van der Waals surface area contributed by atoms with Crippen LogP contribution in [-0.4, -0.2) is 23.1 Å². The molecule has 0 radical (unpaired) electrons. The van der Waals surface area contributed by atoms with Gasteiger partial charge in [0.25, 0.3) is 0 Å². The van der Waals surface area contributed by atoms with Gasteiger partial charge in [0.05, 0.1) is 18.5 Å². The van der Waals surface area contributed by atoms with Gasteiger partial charge in [-0.25, -0.2) is 9.18 Å². The van der Waals surface area contributed by atoms with Crippen LogP contribution in [-0.2, 0) is 17.8 Å². The number of nitrogens with zero attached hydrogens (tertiary/aromatic N) is 2. The van der Waals surface area contributed by atoms with Crippen molar-refractivity contribution in [2.24, 2.45) is 0 Å². The van der Waals surface area contributed by atoms with Gasteiger partial charge in [-0.05, 0) is 48.1 Å². The molecular weight excluding hydrogens is 355 g/mol. The predicted octanol–water partition coefficient (Wildman–Crippen LogP) is 4.85. The van der Waals surface area contributed by atoms with Crippen molar-refractivity contribution in [1.82, 2.24) is 4.90 Å². The molecule has 142 valence electrons. The molecule has 28 heavy (non-hydrogen) atoms. The van der Waals surface area contributed by atoms with Gasteiger partial charge in [-0.2, -0.15) is 5.26 Å². The molecule has 2 aliphatic rings. The van der Waals surface area contributed by atoms with Gasteiger partial charge in [-0.15, -0.1) is 0 Å². The first-order valence-corrected chi connectivity index (χ1v) is 9.51. The van der Waals surface area contributed by atoms with Crippen LogP contribution in [0.25, 0.3) is 5.57 Å². The first-order valence-electron chi connectivity index (χ1n) is 9.51. The number of hydrogen-bond donors (Lipinski definition) is 0. The normalized spacial score (nSPS) is 20.4. The highest BCUT2D eigenvalue weighted by molar-refractivity contribution is 5.75. The summed E-state index contributed by atoms with van der Waals surface area (Å²) in [4.78, 5) is 14.4. The van der Waals surface area contributed by atoms with E-state index in [2.05, 4.69) is 6.07 Å². The molecule has 1 fully saturated rings. The van der Waals surface area contributed by atoms with Crippen molar-refractivity contribution in [3.63, 3.8) is 0 Å². The Kier molecular flexibility index (Phi) is 5.12. The Morgan fingerprint density at radius 1 is 1.18 bits per heavy atom. The van der Waals surface area contributed by atoms with E-state index in [-0.39, 0.29) is 37.0 Å². The zero-order valence-corrected chi connectivity index (χ0v) is 15.5. The number of halogens is 1. The van der Waals surface area contributed by atoms with Gasteiger partial charge in [-0.1, -0.05) is 42.5 Å². The highest BCUT2D eigenvalue weighted by atomic mass is 19.1. The lowest BCUT2D eigenvalue weighted by Gasteiger charge is -2.33. The summed E-state index contributed by atoms with van der Waals surface area (Å²) in [6, 6.07) is 16.5. The molecule has 4 nitrogen and oxygen atoms in total. The van der Waals surface area contributed by atoms with Crippen LogP contribution in [0, 0.1) is 17.1 Å². The first-order chi connectivity index (χ1) is 13.7. The summed E-state index contributed by atoms with van der Waals surface area (Å²) in [5.74, 6) is -0.285. The molecule has 2 heterocycles. The maximum Gasteiger partial charge on any atom is 0.410 e. The molecule has 1 amide bonds. The van der Waals surface area contributed by atoms with Crippen molar-refractivity contribution in [3.8, 4) is 6.07 Å². The van der Waals surface area contributed by atoms with Crippen LogP contribution in [0.4, 0.5) is 9.18 Å². The Morgan fingerprint density at radius 2 is 2.00 bits per heavy atom. The SMILES string of the molecule is N#CCc1ccc(F)c(C2=CC3CCC(C2)N3C(=O)OCc2ccccc2)c1. The van der Waals surface area contributed by atoms with E-state index < -0.39 is 0 Å². The van der Waals surface area contributed by atoms with Crippen molar-refractivity contribution >= 4 is 11.7 Å². The van der Waals surface area contributed by atoms with Gasteiger partial charge in [0, 0.05) is 11.6 Å². The topological polar surface area (TPSA) is 53.3 Å². The van der Waals surface area contributed by atoms with Crippen LogP contribution in [0.15, 0.2) is 54.6 Å². The molecule has 2 aliphatic heterocycles. The highest BCUT2D eigenvalue weighted by Gasteiger charge is 2.41. The maximum absolute atomic E-state index is 14.4. The lowest BCUT2D eigenvalue weighted by Crippen LogP contribution is -2.43. The molecule has 2 aromatic carbocycles. The monoisotopic (exact) mass is 376 g/mol. The van der Waals surface area contributed by atoms with Gasteiger partial charge in [0.15, 0.2) is 0 Å². The van der Waals surface area contributed by atoms with E-state index in [0.29, 0.717) is 12.0 Å².